The van der Waals surface area contributed by atoms with Crippen LogP contribution in [-0.4, -0.2) is 24.3 Å². The number of hydrogen-bond acceptors (Lipinski definition) is 5. The fourth-order valence-electron chi connectivity index (χ4n) is 1.89. The number of hydrazine groups is 1. The second-order valence-corrected chi connectivity index (χ2v) is 4.29. The molecule has 1 atom stereocenters. The summed E-state index contributed by atoms with van der Waals surface area (Å²) < 4.78 is 3.81. The molecule has 0 saturated heterocycles. The molecule has 0 aliphatic rings. The lowest BCUT2D eigenvalue weighted by Crippen LogP contribution is -2.30. The van der Waals surface area contributed by atoms with Gasteiger partial charge in [-0.05, 0) is 6.42 Å². The number of nitrogens with zero attached hydrogens (tertiary/aromatic N) is 5. The third kappa shape index (κ3) is 2.74. The molecule has 2 aromatic heterocycles. The Morgan fingerprint density at radius 3 is 2.89 bits per heavy atom. The van der Waals surface area contributed by atoms with Crippen LogP contribution in [0.1, 0.15) is 30.9 Å². The first-order chi connectivity index (χ1) is 8.74. The van der Waals surface area contributed by atoms with Gasteiger partial charge in [-0.3, -0.25) is 16.0 Å². The third-order valence-corrected chi connectivity index (χ3v) is 2.80. The van der Waals surface area contributed by atoms with Crippen molar-refractivity contribution in [3.8, 4) is 0 Å². The monoisotopic (exact) mass is 249 g/mol. The standard InChI is InChI=1S/C11H19N7/c1-3-4-18-11(13-7-15-18)5-9(16-12)10-6-17(2)8-14-10/h6-9,16H,3-5,12H2,1-2H3. The van der Waals surface area contributed by atoms with Crippen molar-refractivity contribution in [1.82, 2.24) is 29.7 Å². The van der Waals surface area contributed by atoms with Crippen LogP contribution in [0.15, 0.2) is 18.9 Å². The topological polar surface area (TPSA) is 86.6 Å². The SMILES string of the molecule is CCCn1ncnc1CC(NN)c1cn(C)cn1. The summed E-state index contributed by atoms with van der Waals surface area (Å²) in [6.07, 6.45) is 6.99. The predicted molar refractivity (Wildman–Crippen MR) is 67.3 cm³/mol. The molecular formula is C11H19N7. The quantitative estimate of drug-likeness (QED) is 0.563. The summed E-state index contributed by atoms with van der Waals surface area (Å²) in [6.45, 7) is 2.98. The van der Waals surface area contributed by atoms with E-state index < -0.39 is 0 Å². The van der Waals surface area contributed by atoms with E-state index in [2.05, 4.69) is 27.4 Å². The zero-order valence-electron chi connectivity index (χ0n) is 10.7. The maximum absolute atomic E-state index is 5.60. The van der Waals surface area contributed by atoms with Crippen LogP contribution >= 0.6 is 0 Å². The van der Waals surface area contributed by atoms with Crippen LogP contribution in [0.4, 0.5) is 0 Å². The van der Waals surface area contributed by atoms with Gasteiger partial charge in [0, 0.05) is 26.2 Å². The van der Waals surface area contributed by atoms with Crippen molar-refractivity contribution in [1.29, 1.82) is 0 Å². The van der Waals surface area contributed by atoms with E-state index in [1.165, 1.54) is 0 Å². The largest absolute Gasteiger partial charge is 0.340 e. The minimum absolute atomic E-state index is 0.0500. The molecule has 98 valence electrons. The van der Waals surface area contributed by atoms with Gasteiger partial charge < -0.3 is 4.57 Å². The molecule has 0 aliphatic carbocycles. The number of nitrogens with one attached hydrogen (secondary N) is 1. The van der Waals surface area contributed by atoms with E-state index in [0.29, 0.717) is 6.42 Å². The number of imidazole rings is 1. The second-order valence-electron chi connectivity index (χ2n) is 4.29. The van der Waals surface area contributed by atoms with Gasteiger partial charge in [0.05, 0.1) is 18.1 Å². The van der Waals surface area contributed by atoms with Crippen LogP contribution in [0.5, 0.6) is 0 Å². The van der Waals surface area contributed by atoms with Crippen molar-refractivity contribution in [3.63, 3.8) is 0 Å². The van der Waals surface area contributed by atoms with Gasteiger partial charge in [-0.1, -0.05) is 6.92 Å². The summed E-state index contributed by atoms with van der Waals surface area (Å²) in [7, 11) is 1.93. The maximum Gasteiger partial charge on any atom is 0.138 e. The predicted octanol–water partition coefficient (Wildman–Crippen LogP) is 0.169. The Morgan fingerprint density at radius 1 is 1.44 bits per heavy atom. The van der Waals surface area contributed by atoms with Crippen LogP contribution in [0.3, 0.4) is 0 Å². The fourth-order valence-corrected chi connectivity index (χ4v) is 1.89. The maximum atomic E-state index is 5.60. The average Bonchev–Trinajstić information content (AvgIpc) is 2.96. The van der Waals surface area contributed by atoms with E-state index in [4.69, 9.17) is 5.84 Å². The molecule has 0 saturated carbocycles. The Hall–Kier alpha value is -1.73. The van der Waals surface area contributed by atoms with E-state index in [9.17, 15) is 0 Å². The normalized spacial score (nSPS) is 12.8. The highest BCUT2D eigenvalue weighted by Gasteiger charge is 2.16. The summed E-state index contributed by atoms with van der Waals surface area (Å²) >= 11 is 0. The van der Waals surface area contributed by atoms with Crippen LogP contribution in [0.2, 0.25) is 0 Å². The molecule has 1 unspecified atom stereocenters. The minimum atomic E-state index is -0.0500. The zero-order chi connectivity index (χ0) is 13.0. The first-order valence-corrected chi connectivity index (χ1v) is 6.05. The fraction of sp³-hybridized carbons (Fsp3) is 0.545. The molecule has 2 heterocycles. The van der Waals surface area contributed by atoms with Gasteiger partial charge >= 0.3 is 0 Å². The molecule has 0 radical (unpaired) electrons. The van der Waals surface area contributed by atoms with E-state index in [-0.39, 0.29) is 6.04 Å². The van der Waals surface area contributed by atoms with Gasteiger partial charge in [0.1, 0.15) is 12.2 Å². The molecular weight excluding hydrogens is 230 g/mol. The number of rotatable bonds is 6. The van der Waals surface area contributed by atoms with Gasteiger partial charge in [0.2, 0.25) is 0 Å². The van der Waals surface area contributed by atoms with Crippen LogP contribution < -0.4 is 11.3 Å². The Kier molecular flexibility index (Phi) is 4.06. The smallest absolute Gasteiger partial charge is 0.138 e. The van der Waals surface area contributed by atoms with Gasteiger partial charge in [-0.2, -0.15) is 5.10 Å². The highest BCUT2D eigenvalue weighted by molar-refractivity contribution is 5.06. The summed E-state index contributed by atoms with van der Waals surface area (Å²) in [4.78, 5) is 8.58. The van der Waals surface area contributed by atoms with Gasteiger partial charge in [0.25, 0.3) is 0 Å². The molecule has 7 heteroatoms. The Balaban J connectivity index is 2.12. The molecule has 0 bridgehead atoms. The highest BCUT2D eigenvalue weighted by Crippen LogP contribution is 2.14. The number of hydrogen-bond donors (Lipinski definition) is 2. The Morgan fingerprint density at radius 2 is 2.28 bits per heavy atom. The molecule has 7 nitrogen and oxygen atoms in total. The molecule has 0 fully saturated rings. The minimum Gasteiger partial charge on any atom is -0.340 e. The first kappa shape index (κ1) is 12.7. The summed E-state index contributed by atoms with van der Waals surface area (Å²) in [5, 5.41) is 4.20. The average molecular weight is 249 g/mol. The van der Waals surface area contributed by atoms with Gasteiger partial charge in [0.15, 0.2) is 0 Å². The van der Waals surface area contributed by atoms with E-state index >= 15 is 0 Å². The van der Waals surface area contributed by atoms with Crippen molar-refractivity contribution >= 4 is 0 Å². The number of nitrogens with two attached hydrogens (primary N) is 1. The lowest BCUT2D eigenvalue weighted by Gasteiger charge is -2.13. The van der Waals surface area contributed by atoms with E-state index in [1.807, 2.05) is 22.5 Å². The zero-order valence-corrected chi connectivity index (χ0v) is 10.7. The molecule has 0 aromatic carbocycles. The highest BCUT2D eigenvalue weighted by atomic mass is 15.3. The van der Waals surface area contributed by atoms with Crippen LogP contribution in [0.25, 0.3) is 0 Å². The van der Waals surface area contributed by atoms with Crippen LogP contribution in [0, 0.1) is 0 Å². The van der Waals surface area contributed by atoms with Crippen molar-refractivity contribution in [2.24, 2.45) is 12.9 Å². The molecule has 0 amide bonds. The number of aryl methyl sites for hydroxylation is 2. The number of aromatic nitrogens is 5. The first-order valence-electron chi connectivity index (χ1n) is 6.05. The van der Waals surface area contributed by atoms with Crippen molar-refractivity contribution in [3.05, 3.63) is 30.4 Å². The molecule has 2 aromatic rings. The van der Waals surface area contributed by atoms with Crippen molar-refractivity contribution in [2.45, 2.75) is 32.4 Å². The molecule has 0 aliphatic heterocycles. The van der Waals surface area contributed by atoms with Gasteiger partial charge in [-0.15, -0.1) is 0 Å². The van der Waals surface area contributed by atoms with Gasteiger partial charge in [-0.25, -0.2) is 9.97 Å². The molecule has 18 heavy (non-hydrogen) atoms. The molecule has 3 N–H and O–H groups in total. The van der Waals surface area contributed by atoms with Crippen molar-refractivity contribution in [2.75, 3.05) is 0 Å². The Labute approximate surface area is 106 Å². The van der Waals surface area contributed by atoms with E-state index in [1.54, 1.807) is 12.7 Å². The lowest BCUT2D eigenvalue weighted by molar-refractivity contribution is 0.492. The van der Waals surface area contributed by atoms with Crippen LogP contribution in [-0.2, 0) is 20.0 Å². The summed E-state index contributed by atoms with van der Waals surface area (Å²) in [5.74, 6) is 6.52. The lowest BCUT2D eigenvalue weighted by atomic mass is 10.1. The second kappa shape index (κ2) is 5.74. The Bertz CT molecular complexity index is 487. The molecule has 0 spiro atoms. The summed E-state index contributed by atoms with van der Waals surface area (Å²) in [6, 6.07) is -0.0500. The summed E-state index contributed by atoms with van der Waals surface area (Å²) in [5.41, 5.74) is 3.69. The van der Waals surface area contributed by atoms with E-state index in [0.717, 1.165) is 24.5 Å². The third-order valence-electron chi connectivity index (χ3n) is 2.80. The molecule has 2 rings (SSSR count). The van der Waals surface area contributed by atoms with Crippen molar-refractivity contribution < 1.29 is 0 Å².